The van der Waals surface area contributed by atoms with E-state index in [9.17, 15) is 14.9 Å². The predicted molar refractivity (Wildman–Crippen MR) is 180 cm³/mol. The fourth-order valence-electron chi connectivity index (χ4n) is 5.09. The van der Waals surface area contributed by atoms with Gasteiger partial charge < -0.3 is 14.2 Å². The maximum absolute atomic E-state index is 13.9. The van der Waals surface area contributed by atoms with E-state index in [0.29, 0.717) is 38.4 Å². The Kier molecular flexibility index (Phi) is 9.67. The molecule has 1 aromatic heterocycles. The third kappa shape index (κ3) is 6.57. The lowest BCUT2D eigenvalue weighted by molar-refractivity contribution is -0.386. The SMILES string of the molecule is CCOc1cc(C=Nn2c(-c3cc(C(C)C)c(OC)cc3C)nc3ccccc3c2=O)cc([N+](=O)[O-])c1OCc1ccccc1Cl. The highest BCUT2D eigenvalue weighted by Gasteiger charge is 2.24. The van der Waals surface area contributed by atoms with Crippen molar-refractivity contribution in [2.24, 2.45) is 5.10 Å². The van der Waals surface area contributed by atoms with Gasteiger partial charge in [0.2, 0.25) is 5.75 Å². The first kappa shape index (κ1) is 32.2. The summed E-state index contributed by atoms with van der Waals surface area (Å²) in [6.45, 7) is 8.01. The molecule has 0 saturated heterocycles. The minimum absolute atomic E-state index is 0.00485. The minimum atomic E-state index is -0.550. The van der Waals surface area contributed by atoms with Gasteiger partial charge in [-0.15, -0.1) is 0 Å². The smallest absolute Gasteiger partial charge is 0.315 e. The van der Waals surface area contributed by atoms with Gasteiger partial charge >= 0.3 is 5.69 Å². The lowest BCUT2D eigenvalue weighted by Gasteiger charge is -2.17. The van der Waals surface area contributed by atoms with Gasteiger partial charge in [0.25, 0.3) is 5.56 Å². The van der Waals surface area contributed by atoms with Gasteiger partial charge in [-0.05, 0) is 67.3 Å². The van der Waals surface area contributed by atoms with Gasteiger partial charge in [-0.25, -0.2) is 4.98 Å². The zero-order valence-electron chi connectivity index (χ0n) is 26.1. The normalized spacial score (nSPS) is 11.4. The van der Waals surface area contributed by atoms with Gasteiger partial charge in [-0.3, -0.25) is 14.9 Å². The van der Waals surface area contributed by atoms with Crippen LogP contribution in [0.2, 0.25) is 5.02 Å². The van der Waals surface area contributed by atoms with Gasteiger partial charge in [0.1, 0.15) is 12.4 Å². The molecule has 46 heavy (non-hydrogen) atoms. The van der Waals surface area contributed by atoms with Gasteiger partial charge in [0, 0.05) is 27.8 Å². The molecule has 0 N–H and O–H groups in total. The largest absolute Gasteiger partial charge is 0.496 e. The standard InChI is InChI=1S/C35H33ClN4O6/c1-6-45-32-17-23(16-30(40(42)43)33(32)46-20-24-11-7-9-13-28(24)36)19-37-39-34(38-29-14-10-8-12-25(29)35(39)41)27-18-26(21(2)3)31(44-5)15-22(27)4/h7-19,21H,6,20H2,1-5H3. The Bertz CT molecular complexity index is 2020. The number of aromatic nitrogens is 2. The molecule has 0 spiro atoms. The summed E-state index contributed by atoms with van der Waals surface area (Å²) in [5, 5.41) is 17.6. The van der Waals surface area contributed by atoms with Crippen LogP contribution >= 0.6 is 11.6 Å². The van der Waals surface area contributed by atoms with Crippen LogP contribution < -0.4 is 19.8 Å². The van der Waals surface area contributed by atoms with E-state index in [4.69, 9.17) is 30.8 Å². The molecule has 5 rings (SSSR count). The Hall–Kier alpha value is -5.22. The number of ether oxygens (including phenoxy) is 3. The van der Waals surface area contributed by atoms with Crippen LogP contribution in [0, 0.1) is 17.0 Å². The monoisotopic (exact) mass is 640 g/mol. The number of para-hydroxylation sites is 1. The number of hydrogen-bond acceptors (Lipinski definition) is 8. The molecular formula is C35H33ClN4O6. The molecule has 0 aliphatic heterocycles. The van der Waals surface area contributed by atoms with Crippen LogP contribution in [-0.4, -0.2) is 34.5 Å². The fraction of sp³-hybridized carbons (Fsp3) is 0.229. The van der Waals surface area contributed by atoms with E-state index in [1.807, 2.05) is 25.1 Å². The summed E-state index contributed by atoms with van der Waals surface area (Å²) < 4.78 is 18.5. The van der Waals surface area contributed by atoms with Gasteiger partial charge in [-0.2, -0.15) is 9.78 Å². The number of methoxy groups -OCH3 is 1. The quantitative estimate of drug-likeness (QED) is 0.0817. The van der Waals surface area contributed by atoms with Crippen LogP contribution in [0.25, 0.3) is 22.3 Å². The van der Waals surface area contributed by atoms with Crippen molar-refractivity contribution >= 4 is 34.4 Å². The molecule has 0 unspecified atom stereocenters. The average molecular weight is 641 g/mol. The third-order valence-electron chi connectivity index (χ3n) is 7.40. The highest BCUT2D eigenvalue weighted by molar-refractivity contribution is 6.31. The zero-order chi connectivity index (χ0) is 33.0. The lowest BCUT2D eigenvalue weighted by atomic mass is 9.96. The molecule has 0 fully saturated rings. The van der Waals surface area contributed by atoms with E-state index < -0.39 is 10.5 Å². The van der Waals surface area contributed by atoms with Crippen LogP contribution in [0.4, 0.5) is 5.69 Å². The number of rotatable bonds is 11. The molecule has 0 aliphatic carbocycles. The fourth-order valence-corrected chi connectivity index (χ4v) is 5.28. The van der Waals surface area contributed by atoms with Gasteiger partial charge in [0.15, 0.2) is 11.6 Å². The molecule has 0 atom stereocenters. The van der Waals surface area contributed by atoms with E-state index >= 15 is 0 Å². The van der Waals surface area contributed by atoms with Crippen LogP contribution in [0.5, 0.6) is 17.2 Å². The van der Waals surface area contributed by atoms with Crippen LogP contribution in [-0.2, 0) is 6.61 Å². The summed E-state index contributed by atoms with van der Waals surface area (Å²) in [7, 11) is 1.62. The van der Waals surface area contributed by atoms with Crippen molar-refractivity contribution in [1.29, 1.82) is 0 Å². The van der Waals surface area contributed by atoms with Gasteiger partial charge in [-0.1, -0.05) is 55.8 Å². The predicted octanol–water partition coefficient (Wildman–Crippen LogP) is 7.93. The van der Waals surface area contributed by atoms with Crippen LogP contribution in [0.1, 0.15) is 48.9 Å². The van der Waals surface area contributed by atoms with Gasteiger partial charge in [0.05, 0.1) is 35.8 Å². The summed E-state index contributed by atoms with van der Waals surface area (Å²) in [5.41, 5.74) is 3.27. The number of nitro groups is 1. The second kappa shape index (κ2) is 13.8. The molecular weight excluding hydrogens is 608 g/mol. The summed E-state index contributed by atoms with van der Waals surface area (Å²) in [4.78, 5) is 30.4. The lowest BCUT2D eigenvalue weighted by Crippen LogP contribution is -2.21. The summed E-state index contributed by atoms with van der Waals surface area (Å²) in [6, 6.07) is 20.9. The van der Waals surface area contributed by atoms with Crippen molar-refractivity contribution in [3.05, 3.63) is 121 Å². The number of nitro benzene ring substituents is 1. The maximum atomic E-state index is 13.9. The zero-order valence-corrected chi connectivity index (χ0v) is 26.9. The molecule has 0 bridgehead atoms. The Morgan fingerprint density at radius 2 is 1.78 bits per heavy atom. The van der Waals surface area contributed by atoms with Crippen molar-refractivity contribution in [1.82, 2.24) is 9.66 Å². The Labute approximate surface area is 271 Å². The second-order valence-corrected chi connectivity index (χ2v) is 11.2. The molecule has 1 heterocycles. The molecule has 0 saturated carbocycles. The third-order valence-corrected chi connectivity index (χ3v) is 7.77. The van der Waals surface area contributed by atoms with E-state index in [2.05, 4.69) is 18.9 Å². The van der Waals surface area contributed by atoms with Crippen LogP contribution in [0.15, 0.2) is 82.7 Å². The van der Waals surface area contributed by atoms with E-state index in [1.54, 1.807) is 62.6 Å². The highest BCUT2D eigenvalue weighted by Crippen LogP contribution is 2.39. The summed E-state index contributed by atoms with van der Waals surface area (Å²) in [5.74, 6) is 1.31. The second-order valence-electron chi connectivity index (χ2n) is 10.8. The molecule has 5 aromatic rings. The number of benzene rings is 4. The molecule has 0 aliphatic rings. The number of aryl methyl sites for hydroxylation is 1. The first-order valence-corrected chi connectivity index (χ1v) is 15.1. The minimum Gasteiger partial charge on any atom is -0.496 e. The first-order valence-electron chi connectivity index (χ1n) is 14.7. The number of nitrogens with zero attached hydrogens (tertiary/aromatic N) is 4. The Balaban J connectivity index is 1.65. The molecule has 10 nitrogen and oxygen atoms in total. The van der Waals surface area contributed by atoms with E-state index in [-0.39, 0.29) is 36.3 Å². The average Bonchev–Trinajstić information content (AvgIpc) is 3.04. The number of hydrogen-bond donors (Lipinski definition) is 0. The number of fused-ring (bicyclic) bond motifs is 1. The summed E-state index contributed by atoms with van der Waals surface area (Å²) in [6.07, 6.45) is 1.37. The van der Waals surface area contributed by atoms with Crippen molar-refractivity contribution in [3.8, 4) is 28.6 Å². The maximum Gasteiger partial charge on any atom is 0.315 e. The molecule has 0 amide bonds. The first-order chi connectivity index (χ1) is 22.1. The molecule has 11 heteroatoms. The van der Waals surface area contributed by atoms with Crippen molar-refractivity contribution in [2.75, 3.05) is 13.7 Å². The highest BCUT2D eigenvalue weighted by atomic mass is 35.5. The Morgan fingerprint density at radius 3 is 2.48 bits per heavy atom. The molecule has 4 aromatic carbocycles. The number of halogens is 1. The van der Waals surface area contributed by atoms with E-state index in [1.165, 1.54) is 17.0 Å². The van der Waals surface area contributed by atoms with E-state index in [0.717, 1.165) is 16.9 Å². The topological polar surface area (TPSA) is 118 Å². The van der Waals surface area contributed by atoms with Crippen molar-refractivity contribution in [2.45, 2.75) is 40.2 Å². The Morgan fingerprint density at radius 1 is 1.04 bits per heavy atom. The summed E-state index contributed by atoms with van der Waals surface area (Å²) >= 11 is 6.27. The van der Waals surface area contributed by atoms with Crippen LogP contribution in [0.3, 0.4) is 0 Å². The molecule has 236 valence electrons. The van der Waals surface area contributed by atoms with Crippen molar-refractivity contribution < 1.29 is 19.1 Å². The van der Waals surface area contributed by atoms with Crippen molar-refractivity contribution in [3.63, 3.8) is 0 Å². The molecule has 0 radical (unpaired) electrons.